The number of para-hydroxylation sites is 2. The number of carbonyl (C=O) groups excluding carboxylic acids is 2. The normalized spacial score (nSPS) is 12.1. The summed E-state index contributed by atoms with van der Waals surface area (Å²) in [7, 11) is 0. The Balaban J connectivity index is 1.25. The van der Waals surface area contributed by atoms with Gasteiger partial charge in [0.05, 0.1) is 0 Å². The molecule has 0 aliphatic heterocycles. The molecule has 48 heavy (non-hydrogen) atoms. The Bertz CT molecular complexity index is 1380. The zero-order valence-corrected chi connectivity index (χ0v) is 26.8. The number of carbonyl (C=O) groups is 2. The van der Waals surface area contributed by atoms with Gasteiger partial charge in [0.1, 0.15) is 48.6 Å². The standard InChI is InChI=1S/C38H42F2N2O6/c39-31-19-15-29(16-20-31)35(13-7-23-41-25-27-45-33-9-3-1-4-10-33)47-37(43)38(44)48-36(30-17-21-32(40)22-18-30)14-8-24-42-26-28-46-34-11-5-2-6-12-34/h1-6,9-12,15-22,35-36,41-42H,7-8,13-14,23-28H2. The first-order chi connectivity index (χ1) is 23.5. The molecule has 2 atom stereocenters. The largest absolute Gasteiger partial charge is 0.492 e. The van der Waals surface area contributed by atoms with Crippen LogP contribution < -0.4 is 20.1 Å². The number of hydrogen-bond acceptors (Lipinski definition) is 8. The molecule has 0 aliphatic rings. The summed E-state index contributed by atoms with van der Waals surface area (Å²) in [4.78, 5) is 26.0. The van der Waals surface area contributed by atoms with E-state index in [0.717, 1.165) is 11.5 Å². The van der Waals surface area contributed by atoms with E-state index >= 15 is 0 Å². The molecule has 0 bridgehead atoms. The highest BCUT2D eigenvalue weighted by atomic mass is 19.1. The molecule has 0 radical (unpaired) electrons. The number of halogens is 2. The third-order valence-electron chi connectivity index (χ3n) is 7.37. The topological polar surface area (TPSA) is 95.1 Å². The number of esters is 2. The fraction of sp³-hybridized carbons (Fsp3) is 0.316. The van der Waals surface area contributed by atoms with Crippen LogP contribution in [-0.4, -0.2) is 51.3 Å². The Hall–Kier alpha value is -4.80. The molecule has 0 heterocycles. The van der Waals surface area contributed by atoms with E-state index in [-0.39, 0.29) is 0 Å². The van der Waals surface area contributed by atoms with Crippen LogP contribution in [0, 0.1) is 11.6 Å². The summed E-state index contributed by atoms with van der Waals surface area (Å²) in [6.45, 7) is 3.42. The second-order valence-corrected chi connectivity index (χ2v) is 11.0. The molecule has 254 valence electrons. The van der Waals surface area contributed by atoms with Gasteiger partial charge in [-0.3, -0.25) is 0 Å². The summed E-state index contributed by atoms with van der Waals surface area (Å²) in [5.41, 5.74) is 1.12. The van der Waals surface area contributed by atoms with E-state index < -0.39 is 35.8 Å². The molecule has 2 N–H and O–H groups in total. The number of benzene rings is 4. The first kappa shape index (κ1) is 36.0. The molecule has 4 aromatic rings. The molecule has 0 fully saturated rings. The molecular formula is C38H42F2N2O6. The van der Waals surface area contributed by atoms with Crippen LogP contribution in [0.2, 0.25) is 0 Å². The van der Waals surface area contributed by atoms with Crippen LogP contribution in [-0.2, 0) is 19.1 Å². The molecule has 4 rings (SSSR count). The highest BCUT2D eigenvalue weighted by Gasteiger charge is 2.27. The van der Waals surface area contributed by atoms with Gasteiger partial charge in [-0.1, -0.05) is 60.7 Å². The average molecular weight is 661 g/mol. The van der Waals surface area contributed by atoms with Crippen molar-refractivity contribution in [2.45, 2.75) is 37.9 Å². The summed E-state index contributed by atoms with van der Waals surface area (Å²) in [5.74, 6) is -1.59. The van der Waals surface area contributed by atoms with Gasteiger partial charge >= 0.3 is 11.9 Å². The molecule has 0 spiro atoms. The Morgan fingerprint density at radius 2 is 0.896 bits per heavy atom. The molecule has 2 unspecified atom stereocenters. The van der Waals surface area contributed by atoms with Gasteiger partial charge in [-0.15, -0.1) is 0 Å². The molecule has 0 saturated carbocycles. The van der Waals surface area contributed by atoms with Gasteiger partial charge in [0, 0.05) is 13.1 Å². The van der Waals surface area contributed by atoms with Crippen molar-refractivity contribution in [3.63, 3.8) is 0 Å². The molecule has 8 nitrogen and oxygen atoms in total. The number of nitrogens with one attached hydrogen (secondary N) is 2. The maximum Gasteiger partial charge on any atom is 0.418 e. The number of rotatable bonds is 20. The second kappa shape index (κ2) is 20.4. The second-order valence-electron chi connectivity index (χ2n) is 11.0. The van der Waals surface area contributed by atoms with E-state index in [9.17, 15) is 18.4 Å². The zero-order valence-electron chi connectivity index (χ0n) is 26.8. The van der Waals surface area contributed by atoms with Crippen LogP contribution in [0.15, 0.2) is 109 Å². The van der Waals surface area contributed by atoms with Crippen molar-refractivity contribution in [1.82, 2.24) is 10.6 Å². The molecule has 4 aromatic carbocycles. The van der Waals surface area contributed by atoms with E-state index in [4.69, 9.17) is 18.9 Å². The van der Waals surface area contributed by atoms with E-state index in [0.29, 0.717) is 76.2 Å². The van der Waals surface area contributed by atoms with Crippen molar-refractivity contribution in [3.8, 4) is 11.5 Å². The summed E-state index contributed by atoms with van der Waals surface area (Å²) in [5, 5.41) is 6.57. The molecule has 0 aromatic heterocycles. The van der Waals surface area contributed by atoms with Crippen LogP contribution >= 0.6 is 0 Å². The Morgan fingerprint density at radius 1 is 0.521 bits per heavy atom. The van der Waals surface area contributed by atoms with Crippen molar-refractivity contribution in [2.75, 3.05) is 39.4 Å². The minimum absolute atomic E-state index is 0.387. The highest BCUT2D eigenvalue weighted by Crippen LogP contribution is 2.26. The Labute approximate surface area is 280 Å². The third-order valence-corrected chi connectivity index (χ3v) is 7.37. The van der Waals surface area contributed by atoms with Crippen LogP contribution in [0.5, 0.6) is 11.5 Å². The summed E-state index contributed by atoms with van der Waals surface area (Å²) < 4.78 is 49.9. The van der Waals surface area contributed by atoms with Crippen molar-refractivity contribution >= 4 is 11.9 Å². The molecule has 10 heteroatoms. The van der Waals surface area contributed by atoms with Crippen LogP contribution in [0.3, 0.4) is 0 Å². The zero-order chi connectivity index (χ0) is 33.8. The first-order valence-electron chi connectivity index (χ1n) is 16.2. The van der Waals surface area contributed by atoms with Gasteiger partial charge in [-0.25, -0.2) is 18.4 Å². The molecule has 0 saturated heterocycles. The lowest BCUT2D eigenvalue weighted by Gasteiger charge is -2.21. The van der Waals surface area contributed by atoms with Gasteiger partial charge in [-0.05, 0) is 98.4 Å². The number of ether oxygens (including phenoxy) is 4. The van der Waals surface area contributed by atoms with E-state index in [1.807, 2.05) is 60.7 Å². The molecule has 0 amide bonds. The highest BCUT2D eigenvalue weighted by molar-refractivity contribution is 6.29. The average Bonchev–Trinajstić information content (AvgIpc) is 3.11. The van der Waals surface area contributed by atoms with Gasteiger partial charge < -0.3 is 29.6 Å². The van der Waals surface area contributed by atoms with Gasteiger partial charge in [0.25, 0.3) is 0 Å². The van der Waals surface area contributed by atoms with Gasteiger partial charge in [0.2, 0.25) is 0 Å². The lowest BCUT2D eigenvalue weighted by atomic mass is 10.0. The smallest absolute Gasteiger partial charge is 0.418 e. The SMILES string of the molecule is O=C(OC(CCCNCCOc1ccccc1)c1ccc(F)cc1)C(=O)OC(CCCNCCOc1ccccc1)c1ccc(F)cc1. The predicted octanol–water partition coefficient (Wildman–Crippen LogP) is 6.73. The van der Waals surface area contributed by atoms with Crippen LogP contribution in [0.4, 0.5) is 8.78 Å². The summed E-state index contributed by atoms with van der Waals surface area (Å²) in [6, 6.07) is 30.2. The molecular weight excluding hydrogens is 618 g/mol. The van der Waals surface area contributed by atoms with Crippen molar-refractivity contribution in [3.05, 3.63) is 132 Å². The predicted molar refractivity (Wildman–Crippen MR) is 179 cm³/mol. The van der Waals surface area contributed by atoms with Crippen molar-refractivity contribution in [1.29, 1.82) is 0 Å². The molecule has 0 aliphatic carbocycles. The van der Waals surface area contributed by atoms with Crippen molar-refractivity contribution in [2.24, 2.45) is 0 Å². The first-order valence-corrected chi connectivity index (χ1v) is 16.2. The quantitative estimate of drug-likeness (QED) is 0.0613. The van der Waals surface area contributed by atoms with Gasteiger partial charge in [-0.2, -0.15) is 0 Å². The lowest BCUT2D eigenvalue weighted by Crippen LogP contribution is -2.26. The summed E-state index contributed by atoms with van der Waals surface area (Å²) >= 11 is 0. The Morgan fingerprint density at radius 3 is 1.27 bits per heavy atom. The lowest BCUT2D eigenvalue weighted by molar-refractivity contribution is -0.175. The maximum absolute atomic E-state index is 13.6. The van der Waals surface area contributed by atoms with Crippen LogP contribution in [0.1, 0.15) is 49.0 Å². The maximum atomic E-state index is 13.6. The third kappa shape index (κ3) is 13.1. The fourth-order valence-electron chi connectivity index (χ4n) is 4.89. The van der Waals surface area contributed by atoms with E-state index in [2.05, 4.69) is 10.6 Å². The summed E-state index contributed by atoms with van der Waals surface area (Å²) in [6.07, 6.45) is 0.407. The number of hydrogen-bond donors (Lipinski definition) is 2. The minimum atomic E-state index is -1.16. The fourth-order valence-corrected chi connectivity index (χ4v) is 4.89. The van der Waals surface area contributed by atoms with E-state index in [1.165, 1.54) is 48.5 Å². The van der Waals surface area contributed by atoms with Gasteiger partial charge in [0.15, 0.2) is 0 Å². The van der Waals surface area contributed by atoms with Crippen LogP contribution in [0.25, 0.3) is 0 Å². The Kier molecular flexibility index (Phi) is 15.3. The van der Waals surface area contributed by atoms with E-state index in [1.54, 1.807) is 0 Å². The monoisotopic (exact) mass is 660 g/mol. The minimum Gasteiger partial charge on any atom is -0.492 e. The van der Waals surface area contributed by atoms with Crippen molar-refractivity contribution < 1.29 is 37.3 Å².